The molecule has 3 aromatic heterocycles. The maximum atomic E-state index is 12.7. The number of H-pyrrole nitrogens is 2. The molecule has 2 N–H and O–H groups in total. The molecular formula is C19H23N5O3. The van der Waals surface area contributed by atoms with E-state index in [0.717, 1.165) is 57.3 Å². The minimum Gasteiger partial charge on any atom is -0.377 e. The van der Waals surface area contributed by atoms with Gasteiger partial charge in [0.15, 0.2) is 0 Å². The number of nitrogens with zero attached hydrogens (tertiary/aromatic N) is 3. The summed E-state index contributed by atoms with van der Waals surface area (Å²) >= 11 is 0. The third-order valence-electron chi connectivity index (χ3n) is 5.89. The van der Waals surface area contributed by atoms with E-state index in [9.17, 15) is 9.59 Å². The van der Waals surface area contributed by atoms with Gasteiger partial charge in [0.05, 0.1) is 17.0 Å². The molecule has 1 atom stereocenters. The van der Waals surface area contributed by atoms with E-state index in [1.807, 2.05) is 6.07 Å². The standard InChI is InChI=1S/C19H23N5O3/c25-18-15-10-21-17-14(3-6-20-17)16(15)24(19(26)22-18)12-4-7-23(8-5-12)11-13-2-1-9-27-13/h3,6,10,12-13H,1-2,4-5,7-9,11H2,(H,20,21)(H,22,25,26). The fourth-order valence-corrected chi connectivity index (χ4v) is 4.53. The summed E-state index contributed by atoms with van der Waals surface area (Å²) in [4.78, 5) is 37.3. The molecule has 0 aromatic carbocycles. The summed E-state index contributed by atoms with van der Waals surface area (Å²) in [6.07, 6.45) is 7.74. The molecule has 0 amide bonds. The van der Waals surface area contributed by atoms with Crippen LogP contribution in [0.25, 0.3) is 21.9 Å². The van der Waals surface area contributed by atoms with Crippen LogP contribution in [0, 0.1) is 0 Å². The van der Waals surface area contributed by atoms with Crippen LogP contribution < -0.4 is 11.2 Å². The van der Waals surface area contributed by atoms with Crippen molar-refractivity contribution in [2.75, 3.05) is 26.2 Å². The fraction of sp³-hybridized carbons (Fsp3) is 0.526. The van der Waals surface area contributed by atoms with E-state index in [-0.39, 0.29) is 17.3 Å². The van der Waals surface area contributed by atoms with Crippen molar-refractivity contribution in [2.24, 2.45) is 0 Å². The van der Waals surface area contributed by atoms with Crippen molar-refractivity contribution in [1.29, 1.82) is 0 Å². The maximum Gasteiger partial charge on any atom is 0.329 e. The molecule has 142 valence electrons. The van der Waals surface area contributed by atoms with Crippen LogP contribution in [-0.2, 0) is 4.74 Å². The van der Waals surface area contributed by atoms with Gasteiger partial charge < -0.3 is 14.6 Å². The molecule has 5 heterocycles. The minimum absolute atomic E-state index is 0.0677. The summed E-state index contributed by atoms with van der Waals surface area (Å²) < 4.78 is 7.53. The number of pyridine rings is 1. The molecule has 2 fully saturated rings. The average molecular weight is 369 g/mol. The Labute approximate surface area is 155 Å². The Kier molecular flexibility index (Phi) is 4.09. The predicted octanol–water partition coefficient (Wildman–Crippen LogP) is 1.38. The number of hydrogen-bond donors (Lipinski definition) is 2. The number of aromatic amines is 2. The molecule has 0 spiro atoms. The molecule has 2 aliphatic heterocycles. The smallest absolute Gasteiger partial charge is 0.329 e. The quantitative estimate of drug-likeness (QED) is 0.727. The zero-order valence-electron chi connectivity index (χ0n) is 15.1. The predicted molar refractivity (Wildman–Crippen MR) is 102 cm³/mol. The van der Waals surface area contributed by atoms with E-state index in [4.69, 9.17) is 4.74 Å². The summed E-state index contributed by atoms with van der Waals surface area (Å²) in [5.41, 5.74) is 0.668. The van der Waals surface area contributed by atoms with Crippen molar-refractivity contribution >= 4 is 21.9 Å². The van der Waals surface area contributed by atoms with Gasteiger partial charge in [-0.05, 0) is 31.7 Å². The third-order valence-corrected chi connectivity index (χ3v) is 5.89. The molecule has 0 saturated carbocycles. The first kappa shape index (κ1) is 16.7. The zero-order valence-corrected chi connectivity index (χ0v) is 15.1. The van der Waals surface area contributed by atoms with E-state index in [2.05, 4.69) is 19.9 Å². The van der Waals surface area contributed by atoms with Crippen molar-refractivity contribution in [1.82, 2.24) is 24.4 Å². The normalized spacial score (nSPS) is 22.1. The van der Waals surface area contributed by atoms with Gasteiger partial charge in [0.25, 0.3) is 5.56 Å². The second kappa shape index (κ2) is 6.61. The van der Waals surface area contributed by atoms with Crippen LogP contribution in [0.3, 0.4) is 0 Å². The van der Waals surface area contributed by atoms with Crippen LogP contribution in [0.2, 0.25) is 0 Å². The number of ether oxygens (including phenoxy) is 1. The lowest BCUT2D eigenvalue weighted by Gasteiger charge is -2.34. The summed E-state index contributed by atoms with van der Waals surface area (Å²) in [6.45, 7) is 3.71. The molecule has 2 aliphatic rings. The van der Waals surface area contributed by atoms with Crippen LogP contribution in [0.5, 0.6) is 0 Å². The van der Waals surface area contributed by atoms with E-state index >= 15 is 0 Å². The van der Waals surface area contributed by atoms with Gasteiger partial charge in [-0.1, -0.05) is 0 Å². The summed E-state index contributed by atoms with van der Waals surface area (Å²) in [5.74, 6) is 0. The average Bonchev–Trinajstić information content (AvgIpc) is 3.34. The molecule has 2 saturated heterocycles. The van der Waals surface area contributed by atoms with Gasteiger partial charge in [-0.15, -0.1) is 0 Å². The lowest BCUT2D eigenvalue weighted by molar-refractivity contribution is 0.0606. The Morgan fingerprint density at radius 3 is 2.81 bits per heavy atom. The van der Waals surface area contributed by atoms with Gasteiger partial charge in [0, 0.05) is 50.1 Å². The summed E-state index contributed by atoms with van der Waals surface area (Å²) in [5, 5.41) is 1.28. The lowest BCUT2D eigenvalue weighted by atomic mass is 10.0. The molecule has 1 unspecified atom stereocenters. The van der Waals surface area contributed by atoms with Gasteiger partial charge in [0.1, 0.15) is 5.65 Å². The maximum absolute atomic E-state index is 12.7. The van der Waals surface area contributed by atoms with E-state index in [1.54, 1.807) is 17.0 Å². The number of rotatable bonds is 3. The largest absolute Gasteiger partial charge is 0.377 e. The lowest BCUT2D eigenvalue weighted by Crippen LogP contribution is -2.42. The van der Waals surface area contributed by atoms with Crippen LogP contribution in [-0.4, -0.2) is 56.8 Å². The Morgan fingerprint density at radius 1 is 1.19 bits per heavy atom. The Bertz CT molecular complexity index is 1080. The number of hydrogen-bond acceptors (Lipinski definition) is 5. The molecule has 3 aromatic rings. The van der Waals surface area contributed by atoms with Crippen LogP contribution in [0.1, 0.15) is 31.7 Å². The first-order valence-corrected chi connectivity index (χ1v) is 9.65. The highest BCUT2D eigenvalue weighted by Gasteiger charge is 2.27. The summed E-state index contributed by atoms with van der Waals surface area (Å²) in [6, 6.07) is 1.95. The molecule has 0 aliphatic carbocycles. The van der Waals surface area contributed by atoms with Crippen molar-refractivity contribution in [2.45, 2.75) is 37.8 Å². The number of nitrogens with one attached hydrogen (secondary N) is 2. The van der Waals surface area contributed by atoms with Gasteiger partial charge in [-0.3, -0.25) is 14.3 Å². The molecule has 8 nitrogen and oxygen atoms in total. The minimum atomic E-state index is -0.377. The summed E-state index contributed by atoms with van der Waals surface area (Å²) in [7, 11) is 0. The first-order valence-electron chi connectivity index (χ1n) is 9.65. The second-order valence-electron chi connectivity index (χ2n) is 7.56. The third kappa shape index (κ3) is 2.89. The molecule has 8 heteroatoms. The van der Waals surface area contributed by atoms with Crippen molar-refractivity contribution in [3.05, 3.63) is 39.3 Å². The number of likely N-dealkylation sites (tertiary alicyclic amines) is 1. The fourth-order valence-electron chi connectivity index (χ4n) is 4.53. The Hall–Kier alpha value is -2.45. The number of piperidine rings is 1. The van der Waals surface area contributed by atoms with Gasteiger partial charge >= 0.3 is 5.69 Å². The number of aromatic nitrogens is 4. The van der Waals surface area contributed by atoms with E-state index < -0.39 is 0 Å². The molecule has 5 rings (SSSR count). The second-order valence-corrected chi connectivity index (χ2v) is 7.56. The Morgan fingerprint density at radius 2 is 2.04 bits per heavy atom. The highest BCUT2D eigenvalue weighted by molar-refractivity contribution is 6.01. The zero-order chi connectivity index (χ0) is 18.4. The first-order chi connectivity index (χ1) is 13.2. The molecular weight excluding hydrogens is 346 g/mol. The topological polar surface area (TPSA) is 96.0 Å². The van der Waals surface area contributed by atoms with Crippen LogP contribution in [0.4, 0.5) is 0 Å². The number of fused-ring (bicyclic) bond motifs is 3. The van der Waals surface area contributed by atoms with Gasteiger partial charge in [0.2, 0.25) is 0 Å². The highest BCUT2D eigenvalue weighted by atomic mass is 16.5. The van der Waals surface area contributed by atoms with Crippen molar-refractivity contribution in [3.8, 4) is 0 Å². The Balaban J connectivity index is 1.49. The molecule has 27 heavy (non-hydrogen) atoms. The van der Waals surface area contributed by atoms with Crippen molar-refractivity contribution < 1.29 is 4.74 Å². The highest BCUT2D eigenvalue weighted by Crippen LogP contribution is 2.28. The molecule has 0 radical (unpaired) electrons. The van der Waals surface area contributed by atoms with Crippen LogP contribution >= 0.6 is 0 Å². The van der Waals surface area contributed by atoms with Gasteiger partial charge in [-0.25, -0.2) is 9.78 Å². The molecule has 0 bridgehead atoms. The SMILES string of the molecule is O=c1[nH]c(=O)n(C2CCN(CC3CCCO3)CC2)c2c1cnc1[nH]ccc12. The van der Waals surface area contributed by atoms with Crippen molar-refractivity contribution in [3.63, 3.8) is 0 Å². The van der Waals surface area contributed by atoms with Crippen LogP contribution in [0.15, 0.2) is 28.0 Å². The van der Waals surface area contributed by atoms with E-state index in [1.165, 1.54) is 0 Å². The van der Waals surface area contributed by atoms with E-state index in [0.29, 0.717) is 22.7 Å². The van der Waals surface area contributed by atoms with Gasteiger partial charge in [-0.2, -0.15) is 0 Å². The monoisotopic (exact) mass is 369 g/mol.